The Morgan fingerprint density at radius 1 is 1.43 bits per heavy atom. The van der Waals surface area contributed by atoms with Crippen LogP contribution in [0.2, 0.25) is 0 Å². The SMILES string of the molecule is CC1CN(c2c(F)cc(C(N)=NO)cc2F)CC(C)(C)O1. The molecule has 116 valence electrons. The van der Waals surface area contributed by atoms with E-state index in [1.165, 1.54) is 0 Å². The zero-order chi connectivity index (χ0) is 15.8. The molecular formula is C14H19F2N3O2. The summed E-state index contributed by atoms with van der Waals surface area (Å²) in [6, 6.07) is 2.11. The molecule has 1 saturated heterocycles. The molecule has 0 aromatic heterocycles. The van der Waals surface area contributed by atoms with E-state index in [1.807, 2.05) is 20.8 Å². The lowest BCUT2D eigenvalue weighted by atomic mass is 10.0. The topological polar surface area (TPSA) is 71.1 Å². The number of ether oxygens (including phenoxy) is 1. The predicted molar refractivity (Wildman–Crippen MR) is 75.7 cm³/mol. The maximum atomic E-state index is 14.3. The van der Waals surface area contributed by atoms with Gasteiger partial charge in [0.2, 0.25) is 0 Å². The summed E-state index contributed by atoms with van der Waals surface area (Å²) in [5.74, 6) is -1.84. The molecular weight excluding hydrogens is 280 g/mol. The molecule has 1 fully saturated rings. The van der Waals surface area contributed by atoms with Crippen LogP contribution in [0.15, 0.2) is 17.3 Å². The van der Waals surface area contributed by atoms with Gasteiger partial charge >= 0.3 is 0 Å². The van der Waals surface area contributed by atoms with Crippen LogP contribution in [-0.4, -0.2) is 35.8 Å². The maximum absolute atomic E-state index is 14.3. The Hall–Kier alpha value is -1.89. The molecule has 0 aliphatic carbocycles. The molecule has 1 aromatic carbocycles. The summed E-state index contributed by atoms with van der Waals surface area (Å²) in [5, 5.41) is 11.3. The zero-order valence-electron chi connectivity index (χ0n) is 12.2. The Morgan fingerprint density at radius 3 is 2.48 bits per heavy atom. The third kappa shape index (κ3) is 3.24. The monoisotopic (exact) mass is 299 g/mol. The van der Waals surface area contributed by atoms with Gasteiger partial charge in [0.05, 0.1) is 11.7 Å². The van der Waals surface area contributed by atoms with Crippen LogP contribution in [0.1, 0.15) is 26.3 Å². The average molecular weight is 299 g/mol. The fourth-order valence-corrected chi connectivity index (χ4v) is 2.70. The third-order valence-electron chi connectivity index (χ3n) is 3.31. The standard InChI is InChI=1S/C14H19F2N3O2/c1-8-6-19(7-14(2,3)21-8)12-10(15)4-9(5-11(12)16)13(17)18-20/h4-5,8,20H,6-7H2,1-3H3,(H2,17,18). The first-order valence-electron chi connectivity index (χ1n) is 6.63. The van der Waals surface area contributed by atoms with Gasteiger partial charge in [-0.1, -0.05) is 5.16 Å². The van der Waals surface area contributed by atoms with Crippen molar-refractivity contribution in [2.75, 3.05) is 18.0 Å². The number of nitrogens with two attached hydrogens (primary N) is 1. The highest BCUT2D eigenvalue weighted by Gasteiger charge is 2.33. The maximum Gasteiger partial charge on any atom is 0.170 e. The molecule has 1 aliphatic rings. The number of halogens is 2. The lowest BCUT2D eigenvalue weighted by molar-refractivity contribution is -0.0752. The van der Waals surface area contributed by atoms with Crippen molar-refractivity contribution < 1.29 is 18.7 Å². The van der Waals surface area contributed by atoms with Gasteiger partial charge in [0.1, 0.15) is 17.3 Å². The second-order valence-electron chi connectivity index (χ2n) is 5.84. The number of anilines is 1. The van der Waals surface area contributed by atoms with Crippen LogP contribution in [-0.2, 0) is 4.74 Å². The number of oxime groups is 1. The fraction of sp³-hybridized carbons (Fsp3) is 0.500. The van der Waals surface area contributed by atoms with Crippen molar-refractivity contribution in [3.63, 3.8) is 0 Å². The van der Waals surface area contributed by atoms with Crippen LogP contribution >= 0.6 is 0 Å². The van der Waals surface area contributed by atoms with E-state index in [9.17, 15) is 8.78 Å². The highest BCUT2D eigenvalue weighted by Crippen LogP contribution is 2.30. The number of hydrogen-bond donors (Lipinski definition) is 2. The Morgan fingerprint density at radius 2 is 2.00 bits per heavy atom. The third-order valence-corrected chi connectivity index (χ3v) is 3.31. The van der Waals surface area contributed by atoms with Crippen LogP contribution < -0.4 is 10.6 Å². The van der Waals surface area contributed by atoms with Gasteiger partial charge in [0.25, 0.3) is 0 Å². The van der Waals surface area contributed by atoms with E-state index in [1.54, 1.807) is 4.90 Å². The highest BCUT2D eigenvalue weighted by molar-refractivity contribution is 5.97. The van der Waals surface area contributed by atoms with Gasteiger partial charge in [-0.3, -0.25) is 0 Å². The van der Waals surface area contributed by atoms with Gasteiger partial charge in [0, 0.05) is 18.7 Å². The summed E-state index contributed by atoms with van der Waals surface area (Å²) >= 11 is 0. The minimum atomic E-state index is -0.749. The zero-order valence-corrected chi connectivity index (χ0v) is 12.2. The molecule has 2 rings (SSSR count). The van der Waals surface area contributed by atoms with Crippen LogP contribution in [0.4, 0.5) is 14.5 Å². The largest absolute Gasteiger partial charge is 0.409 e. The summed E-state index contributed by atoms with van der Waals surface area (Å²) < 4.78 is 34.2. The molecule has 3 N–H and O–H groups in total. The van der Waals surface area contributed by atoms with Gasteiger partial charge in [0.15, 0.2) is 5.84 Å². The van der Waals surface area contributed by atoms with E-state index in [-0.39, 0.29) is 23.2 Å². The quantitative estimate of drug-likeness (QED) is 0.379. The number of benzene rings is 1. The first kappa shape index (κ1) is 15.5. The number of rotatable bonds is 2. The van der Waals surface area contributed by atoms with Gasteiger partial charge in [-0.05, 0) is 32.9 Å². The molecule has 0 bridgehead atoms. The van der Waals surface area contributed by atoms with Crippen molar-refractivity contribution in [1.82, 2.24) is 0 Å². The molecule has 1 aliphatic heterocycles. The molecule has 1 atom stereocenters. The lowest BCUT2D eigenvalue weighted by Gasteiger charge is -2.43. The molecule has 0 spiro atoms. The smallest absolute Gasteiger partial charge is 0.170 e. The molecule has 1 aromatic rings. The average Bonchev–Trinajstić information content (AvgIpc) is 2.34. The molecule has 0 radical (unpaired) electrons. The van der Waals surface area contributed by atoms with Crippen LogP contribution in [0.25, 0.3) is 0 Å². The van der Waals surface area contributed by atoms with E-state index in [0.29, 0.717) is 13.1 Å². The Kier molecular flexibility index (Phi) is 4.04. The van der Waals surface area contributed by atoms with E-state index < -0.39 is 17.2 Å². The number of morpholine rings is 1. The number of amidine groups is 1. The van der Waals surface area contributed by atoms with Crippen molar-refractivity contribution in [3.8, 4) is 0 Å². The molecule has 1 unspecified atom stereocenters. The van der Waals surface area contributed by atoms with Crippen molar-refractivity contribution in [3.05, 3.63) is 29.3 Å². The molecule has 0 saturated carbocycles. The normalized spacial score (nSPS) is 22.4. The molecule has 0 amide bonds. The summed E-state index contributed by atoms with van der Waals surface area (Å²) in [7, 11) is 0. The highest BCUT2D eigenvalue weighted by atomic mass is 19.1. The summed E-state index contributed by atoms with van der Waals surface area (Å²) in [6.45, 7) is 6.36. The first-order chi connectivity index (χ1) is 9.73. The lowest BCUT2D eigenvalue weighted by Crippen LogP contribution is -2.52. The van der Waals surface area contributed by atoms with Gasteiger partial charge in [-0.15, -0.1) is 0 Å². The molecule has 5 nitrogen and oxygen atoms in total. The molecule has 1 heterocycles. The van der Waals surface area contributed by atoms with Crippen LogP contribution in [0.5, 0.6) is 0 Å². The first-order valence-corrected chi connectivity index (χ1v) is 6.63. The van der Waals surface area contributed by atoms with Crippen LogP contribution in [0, 0.1) is 11.6 Å². The number of hydrogen-bond acceptors (Lipinski definition) is 4. The van der Waals surface area contributed by atoms with Gasteiger partial charge in [-0.2, -0.15) is 0 Å². The molecule has 21 heavy (non-hydrogen) atoms. The van der Waals surface area contributed by atoms with Crippen LogP contribution in [0.3, 0.4) is 0 Å². The Labute approximate surface area is 122 Å². The second-order valence-corrected chi connectivity index (χ2v) is 5.84. The van der Waals surface area contributed by atoms with Crippen molar-refractivity contribution in [1.29, 1.82) is 0 Å². The van der Waals surface area contributed by atoms with Gasteiger partial charge in [-0.25, -0.2) is 8.78 Å². The number of nitrogens with zero attached hydrogens (tertiary/aromatic N) is 2. The minimum Gasteiger partial charge on any atom is -0.409 e. The summed E-state index contributed by atoms with van der Waals surface area (Å²) in [6.07, 6.45) is -0.142. The van der Waals surface area contributed by atoms with Crippen molar-refractivity contribution in [2.45, 2.75) is 32.5 Å². The van der Waals surface area contributed by atoms with E-state index in [0.717, 1.165) is 12.1 Å². The summed E-state index contributed by atoms with van der Waals surface area (Å²) in [5.41, 5.74) is 4.74. The predicted octanol–water partition coefficient (Wildman–Crippen LogP) is 2.06. The minimum absolute atomic E-state index is 0.00295. The molecule has 7 heteroatoms. The summed E-state index contributed by atoms with van der Waals surface area (Å²) in [4.78, 5) is 1.62. The van der Waals surface area contributed by atoms with Gasteiger partial charge < -0.3 is 20.6 Å². The van der Waals surface area contributed by atoms with Crippen molar-refractivity contribution in [2.24, 2.45) is 10.9 Å². The Balaban J connectivity index is 2.40. The fourth-order valence-electron chi connectivity index (χ4n) is 2.70. The Bertz CT molecular complexity index is 552. The van der Waals surface area contributed by atoms with E-state index in [4.69, 9.17) is 15.7 Å². The second kappa shape index (κ2) is 5.48. The van der Waals surface area contributed by atoms with Crippen molar-refractivity contribution >= 4 is 11.5 Å². The van der Waals surface area contributed by atoms with E-state index >= 15 is 0 Å². The van der Waals surface area contributed by atoms with E-state index in [2.05, 4.69) is 5.16 Å².